The number of carbonyl (C=O) groups is 2. The molecule has 112 valence electrons. The van der Waals surface area contributed by atoms with Crippen LogP contribution >= 0.6 is 0 Å². The number of ether oxygens (including phenoxy) is 1. The molecule has 0 radical (unpaired) electrons. The zero-order valence-electron chi connectivity index (χ0n) is 12.4. The van der Waals surface area contributed by atoms with E-state index in [1.54, 1.807) is 32.9 Å². The van der Waals surface area contributed by atoms with Crippen LogP contribution in [0.25, 0.3) is 0 Å². The molecule has 0 bridgehead atoms. The van der Waals surface area contributed by atoms with Crippen LogP contribution in [0.5, 0.6) is 0 Å². The van der Waals surface area contributed by atoms with E-state index in [-0.39, 0.29) is 11.1 Å². The van der Waals surface area contributed by atoms with E-state index in [1.165, 1.54) is 19.1 Å². The Morgan fingerprint density at radius 2 is 1.81 bits per heavy atom. The van der Waals surface area contributed by atoms with Crippen molar-refractivity contribution in [2.75, 3.05) is 0 Å². The Bertz CT molecular complexity index is 598. The van der Waals surface area contributed by atoms with Gasteiger partial charge in [-0.25, -0.2) is 9.59 Å². The molecule has 21 heavy (non-hydrogen) atoms. The van der Waals surface area contributed by atoms with Crippen molar-refractivity contribution in [2.45, 2.75) is 38.8 Å². The van der Waals surface area contributed by atoms with Gasteiger partial charge in [-0.2, -0.15) is 5.26 Å². The summed E-state index contributed by atoms with van der Waals surface area (Å²) in [5.41, 5.74) is -2.13. The fraction of sp³-hybridized carbons (Fsp3) is 0.400. The minimum Gasteiger partial charge on any atom is -0.479 e. The molecule has 6 heteroatoms. The van der Waals surface area contributed by atoms with Gasteiger partial charge in [0.05, 0.1) is 11.6 Å². The van der Waals surface area contributed by atoms with E-state index in [4.69, 9.17) is 10.00 Å². The minimum atomic E-state index is -1.76. The second-order valence-electron chi connectivity index (χ2n) is 5.71. The highest BCUT2D eigenvalue weighted by Gasteiger charge is 2.40. The van der Waals surface area contributed by atoms with Crippen molar-refractivity contribution < 1.29 is 19.4 Å². The second-order valence-corrected chi connectivity index (χ2v) is 5.71. The predicted molar refractivity (Wildman–Crippen MR) is 75.5 cm³/mol. The van der Waals surface area contributed by atoms with Crippen LogP contribution in [0, 0.1) is 11.3 Å². The molecule has 0 heterocycles. The second kappa shape index (κ2) is 5.83. The van der Waals surface area contributed by atoms with E-state index in [0.29, 0.717) is 0 Å². The Kier molecular flexibility index (Phi) is 4.58. The van der Waals surface area contributed by atoms with Gasteiger partial charge in [-0.15, -0.1) is 0 Å². The molecule has 1 unspecified atom stereocenters. The summed E-state index contributed by atoms with van der Waals surface area (Å²) in [4.78, 5) is 23.5. The smallest absolute Gasteiger partial charge is 0.408 e. The summed E-state index contributed by atoms with van der Waals surface area (Å²) < 4.78 is 5.08. The van der Waals surface area contributed by atoms with Gasteiger partial charge in [-0.1, -0.05) is 18.2 Å². The molecule has 2 N–H and O–H groups in total. The average molecular weight is 290 g/mol. The van der Waals surface area contributed by atoms with Crippen LogP contribution in [-0.2, 0) is 15.1 Å². The number of carbonyl (C=O) groups excluding carboxylic acids is 1. The molecule has 1 aromatic rings. The summed E-state index contributed by atoms with van der Waals surface area (Å²) in [6, 6.07) is 8.13. The normalized spacial score (nSPS) is 13.7. The van der Waals surface area contributed by atoms with E-state index < -0.39 is 23.2 Å². The fourth-order valence-corrected chi connectivity index (χ4v) is 1.76. The van der Waals surface area contributed by atoms with Crippen molar-refractivity contribution in [1.82, 2.24) is 5.32 Å². The van der Waals surface area contributed by atoms with Crippen molar-refractivity contribution in [2.24, 2.45) is 0 Å². The highest BCUT2D eigenvalue weighted by Crippen LogP contribution is 2.25. The van der Waals surface area contributed by atoms with Crippen LogP contribution in [0.4, 0.5) is 4.79 Å². The van der Waals surface area contributed by atoms with E-state index in [2.05, 4.69) is 5.32 Å². The number of carboxylic acids is 1. The Balaban J connectivity index is 3.19. The first-order chi connectivity index (χ1) is 9.60. The molecule has 1 rings (SSSR count). The monoisotopic (exact) mass is 290 g/mol. The third-order valence-electron chi connectivity index (χ3n) is 2.76. The molecular weight excluding hydrogens is 272 g/mol. The highest BCUT2D eigenvalue weighted by molar-refractivity contribution is 5.86. The van der Waals surface area contributed by atoms with Crippen molar-refractivity contribution in [1.29, 1.82) is 5.26 Å². The SMILES string of the molecule is CC(C)(C)OC(=O)NC(C)(C(=O)O)c1ccccc1C#N. The molecule has 1 amide bonds. The van der Waals surface area contributed by atoms with E-state index in [9.17, 15) is 14.7 Å². The summed E-state index contributed by atoms with van der Waals surface area (Å²) in [6.45, 7) is 6.34. The van der Waals surface area contributed by atoms with Crippen LogP contribution in [0.2, 0.25) is 0 Å². The molecule has 0 spiro atoms. The Labute approximate surface area is 123 Å². The molecule has 0 saturated carbocycles. The van der Waals surface area contributed by atoms with E-state index in [0.717, 1.165) is 0 Å². The summed E-state index contributed by atoms with van der Waals surface area (Å²) in [5, 5.41) is 20.9. The van der Waals surface area contributed by atoms with Crippen LogP contribution in [0.3, 0.4) is 0 Å². The van der Waals surface area contributed by atoms with Crippen LogP contribution < -0.4 is 5.32 Å². The van der Waals surface area contributed by atoms with Gasteiger partial charge >= 0.3 is 12.1 Å². The van der Waals surface area contributed by atoms with Gasteiger partial charge in [0.2, 0.25) is 0 Å². The average Bonchev–Trinajstić information content (AvgIpc) is 2.35. The number of amides is 1. The maximum atomic E-state index is 11.9. The molecule has 0 aliphatic carbocycles. The first kappa shape index (κ1) is 16.5. The summed E-state index contributed by atoms with van der Waals surface area (Å²) in [7, 11) is 0. The topological polar surface area (TPSA) is 99.4 Å². The number of carboxylic acid groups (broad SMARTS) is 1. The molecule has 0 aliphatic rings. The molecule has 1 atom stereocenters. The zero-order chi connectivity index (χ0) is 16.3. The summed E-state index contributed by atoms with van der Waals surface area (Å²) in [6.07, 6.45) is -0.861. The van der Waals surface area contributed by atoms with E-state index >= 15 is 0 Å². The molecule has 1 aromatic carbocycles. The molecule has 0 aromatic heterocycles. The van der Waals surface area contributed by atoms with Crippen LogP contribution in [0.1, 0.15) is 38.8 Å². The molecule has 6 nitrogen and oxygen atoms in total. The number of rotatable bonds is 3. The van der Waals surface area contributed by atoms with Gasteiger partial charge in [0.1, 0.15) is 5.60 Å². The van der Waals surface area contributed by atoms with Gasteiger partial charge in [0.25, 0.3) is 0 Å². The fourth-order valence-electron chi connectivity index (χ4n) is 1.76. The lowest BCUT2D eigenvalue weighted by Crippen LogP contribution is -2.51. The number of hydrogen-bond donors (Lipinski definition) is 2. The number of benzene rings is 1. The first-order valence-corrected chi connectivity index (χ1v) is 6.34. The maximum absolute atomic E-state index is 11.9. The zero-order valence-corrected chi connectivity index (χ0v) is 12.4. The summed E-state index contributed by atoms with van der Waals surface area (Å²) >= 11 is 0. The lowest BCUT2D eigenvalue weighted by Gasteiger charge is -2.29. The standard InChI is InChI=1S/C15H18N2O4/c1-14(2,3)21-13(20)17-15(4,12(18)19)11-8-6-5-7-10(11)9-16/h5-8H,1-4H3,(H,17,20)(H,18,19). The van der Waals surface area contributed by atoms with Crippen molar-refractivity contribution in [3.8, 4) is 6.07 Å². The molecular formula is C15H18N2O4. The summed E-state index contributed by atoms with van der Waals surface area (Å²) in [5.74, 6) is -1.28. The van der Waals surface area contributed by atoms with E-state index in [1.807, 2.05) is 6.07 Å². The third kappa shape index (κ3) is 3.96. The highest BCUT2D eigenvalue weighted by atomic mass is 16.6. The maximum Gasteiger partial charge on any atom is 0.408 e. The number of hydrogen-bond acceptors (Lipinski definition) is 4. The quantitative estimate of drug-likeness (QED) is 0.890. The molecule has 0 aliphatic heterocycles. The lowest BCUT2D eigenvalue weighted by atomic mass is 9.88. The molecule has 0 saturated heterocycles. The lowest BCUT2D eigenvalue weighted by molar-refractivity contribution is -0.144. The van der Waals surface area contributed by atoms with Gasteiger partial charge in [-0.3, -0.25) is 0 Å². The van der Waals surface area contributed by atoms with Gasteiger partial charge < -0.3 is 15.2 Å². The van der Waals surface area contributed by atoms with Crippen molar-refractivity contribution in [3.63, 3.8) is 0 Å². The van der Waals surface area contributed by atoms with Crippen molar-refractivity contribution >= 4 is 12.1 Å². The van der Waals surface area contributed by atoms with Gasteiger partial charge in [0, 0.05) is 5.56 Å². The number of nitriles is 1. The van der Waals surface area contributed by atoms with Crippen molar-refractivity contribution in [3.05, 3.63) is 35.4 Å². The number of nitrogens with zero attached hydrogens (tertiary/aromatic N) is 1. The Morgan fingerprint density at radius 3 is 2.29 bits per heavy atom. The third-order valence-corrected chi connectivity index (χ3v) is 2.76. The number of aliphatic carboxylic acids is 1. The van der Waals surface area contributed by atoms with Gasteiger partial charge in [-0.05, 0) is 33.8 Å². The number of alkyl carbamates (subject to hydrolysis) is 1. The Hall–Kier alpha value is -2.55. The minimum absolute atomic E-state index is 0.179. The van der Waals surface area contributed by atoms with Gasteiger partial charge in [0.15, 0.2) is 5.54 Å². The largest absolute Gasteiger partial charge is 0.479 e. The Morgan fingerprint density at radius 1 is 1.24 bits per heavy atom. The first-order valence-electron chi connectivity index (χ1n) is 6.34. The van der Waals surface area contributed by atoms with Crippen LogP contribution in [-0.4, -0.2) is 22.8 Å². The number of nitrogens with one attached hydrogen (secondary N) is 1. The predicted octanol–water partition coefficient (Wildman–Crippen LogP) is 2.38. The molecule has 0 fully saturated rings. The van der Waals surface area contributed by atoms with Crippen LogP contribution in [0.15, 0.2) is 24.3 Å².